The standard InChI is InChI=1S/C17H22N2O2/c1-19-12-6-8-16(19)14-10-11-15(18-13-14)7-4-2-3-5-9-17(20)21/h10-11,13,16H,2-3,5-6,8-9,12H2,1H3,(H,20,21). The highest BCUT2D eigenvalue weighted by Crippen LogP contribution is 2.29. The Bertz CT molecular complexity index is 528. The van der Waals surface area contributed by atoms with Crippen LogP contribution in [0.4, 0.5) is 0 Å². The molecule has 2 rings (SSSR count). The molecule has 21 heavy (non-hydrogen) atoms. The number of aromatic nitrogens is 1. The number of carbonyl (C=O) groups is 1. The Balaban J connectivity index is 1.81. The highest BCUT2D eigenvalue weighted by atomic mass is 16.4. The van der Waals surface area contributed by atoms with Gasteiger partial charge >= 0.3 is 5.97 Å². The molecule has 4 nitrogen and oxygen atoms in total. The van der Waals surface area contributed by atoms with Crippen molar-refractivity contribution >= 4 is 5.97 Å². The number of hydrogen-bond acceptors (Lipinski definition) is 3. The van der Waals surface area contributed by atoms with Crippen LogP contribution in [0.2, 0.25) is 0 Å². The van der Waals surface area contributed by atoms with E-state index in [1.54, 1.807) is 0 Å². The number of pyridine rings is 1. The summed E-state index contributed by atoms with van der Waals surface area (Å²) in [7, 11) is 2.16. The van der Waals surface area contributed by atoms with E-state index in [1.165, 1.54) is 18.4 Å². The molecule has 1 aliphatic heterocycles. The van der Waals surface area contributed by atoms with Gasteiger partial charge in [0.15, 0.2) is 0 Å². The molecular weight excluding hydrogens is 264 g/mol. The Morgan fingerprint density at radius 3 is 2.95 bits per heavy atom. The van der Waals surface area contributed by atoms with Crippen LogP contribution in [0.3, 0.4) is 0 Å². The first-order valence-corrected chi connectivity index (χ1v) is 7.53. The van der Waals surface area contributed by atoms with Gasteiger partial charge in [0.25, 0.3) is 0 Å². The zero-order valence-electron chi connectivity index (χ0n) is 12.5. The molecule has 2 heterocycles. The van der Waals surface area contributed by atoms with Crippen molar-refractivity contribution in [2.75, 3.05) is 13.6 Å². The average molecular weight is 286 g/mol. The Morgan fingerprint density at radius 2 is 2.33 bits per heavy atom. The molecule has 1 saturated heterocycles. The van der Waals surface area contributed by atoms with Gasteiger partial charge in [-0.2, -0.15) is 0 Å². The van der Waals surface area contributed by atoms with Crippen molar-refractivity contribution in [3.05, 3.63) is 29.6 Å². The minimum absolute atomic E-state index is 0.226. The van der Waals surface area contributed by atoms with Gasteiger partial charge in [-0.3, -0.25) is 9.69 Å². The summed E-state index contributed by atoms with van der Waals surface area (Å²) in [5, 5.41) is 8.53. The second kappa shape index (κ2) is 7.80. The summed E-state index contributed by atoms with van der Waals surface area (Å²) in [6.45, 7) is 1.16. The lowest BCUT2D eigenvalue weighted by molar-refractivity contribution is -0.137. The lowest BCUT2D eigenvalue weighted by Gasteiger charge is -2.19. The fourth-order valence-electron chi connectivity index (χ4n) is 2.65. The topological polar surface area (TPSA) is 53.4 Å². The molecule has 0 bridgehead atoms. The Hall–Kier alpha value is -1.86. The minimum Gasteiger partial charge on any atom is -0.481 e. The second-order valence-electron chi connectivity index (χ2n) is 5.52. The van der Waals surface area contributed by atoms with Crippen LogP contribution < -0.4 is 0 Å². The summed E-state index contributed by atoms with van der Waals surface area (Å²) in [4.78, 5) is 17.1. The molecular formula is C17H22N2O2. The Kier molecular flexibility index (Phi) is 5.77. The molecule has 1 aliphatic rings. The van der Waals surface area contributed by atoms with E-state index in [0.717, 1.165) is 25.1 Å². The minimum atomic E-state index is -0.739. The second-order valence-corrected chi connectivity index (χ2v) is 5.52. The fraction of sp³-hybridized carbons (Fsp3) is 0.529. The number of likely N-dealkylation sites (tertiary alicyclic amines) is 1. The SMILES string of the molecule is CN1CCCC1c1ccc(C#CCCCCC(=O)O)nc1. The molecule has 0 saturated carbocycles. The van der Waals surface area contributed by atoms with E-state index in [1.807, 2.05) is 12.3 Å². The van der Waals surface area contributed by atoms with Gasteiger partial charge in [0, 0.05) is 25.1 Å². The molecule has 0 spiro atoms. The van der Waals surface area contributed by atoms with Gasteiger partial charge in [-0.1, -0.05) is 12.0 Å². The molecule has 112 valence electrons. The summed E-state index contributed by atoms with van der Waals surface area (Å²) in [5.74, 6) is 5.36. The van der Waals surface area contributed by atoms with Crippen LogP contribution >= 0.6 is 0 Å². The first-order valence-electron chi connectivity index (χ1n) is 7.53. The third kappa shape index (κ3) is 4.87. The summed E-state index contributed by atoms with van der Waals surface area (Å²) in [6.07, 6.45) is 6.84. The molecule has 1 aromatic heterocycles. The lowest BCUT2D eigenvalue weighted by Crippen LogP contribution is -2.17. The molecule has 1 fully saturated rings. The van der Waals surface area contributed by atoms with Crippen molar-refractivity contribution < 1.29 is 9.90 Å². The maximum absolute atomic E-state index is 10.4. The van der Waals surface area contributed by atoms with E-state index < -0.39 is 5.97 Å². The zero-order chi connectivity index (χ0) is 15.1. The van der Waals surface area contributed by atoms with E-state index >= 15 is 0 Å². The Labute approximate surface area is 126 Å². The van der Waals surface area contributed by atoms with Gasteiger partial charge in [-0.25, -0.2) is 4.98 Å². The highest BCUT2D eigenvalue weighted by Gasteiger charge is 2.22. The third-order valence-corrected chi connectivity index (χ3v) is 3.85. The van der Waals surface area contributed by atoms with Crippen molar-refractivity contribution in [2.24, 2.45) is 0 Å². The quantitative estimate of drug-likeness (QED) is 0.668. The maximum Gasteiger partial charge on any atom is 0.303 e. The average Bonchev–Trinajstić information content (AvgIpc) is 2.89. The normalized spacial score (nSPS) is 18.2. The third-order valence-electron chi connectivity index (χ3n) is 3.85. The van der Waals surface area contributed by atoms with Crippen LogP contribution in [0.5, 0.6) is 0 Å². The number of unbranched alkanes of at least 4 members (excludes halogenated alkanes) is 2. The van der Waals surface area contributed by atoms with Gasteiger partial charge in [0.2, 0.25) is 0 Å². The van der Waals surface area contributed by atoms with Crippen molar-refractivity contribution in [1.29, 1.82) is 0 Å². The number of carboxylic acid groups (broad SMARTS) is 1. The van der Waals surface area contributed by atoms with Gasteiger partial charge in [-0.05, 0) is 56.8 Å². The predicted octanol–water partition coefficient (Wildman–Crippen LogP) is 2.84. The monoisotopic (exact) mass is 286 g/mol. The van der Waals surface area contributed by atoms with E-state index in [2.05, 4.69) is 34.8 Å². The largest absolute Gasteiger partial charge is 0.481 e. The number of nitrogens with zero attached hydrogens (tertiary/aromatic N) is 2. The van der Waals surface area contributed by atoms with E-state index in [4.69, 9.17) is 5.11 Å². The summed E-state index contributed by atoms with van der Waals surface area (Å²) in [5.41, 5.74) is 2.06. The fourth-order valence-corrected chi connectivity index (χ4v) is 2.65. The van der Waals surface area contributed by atoms with Gasteiger partial charge in [0.1, 0.15) is 5.69 Å². The molecule has 0 radical (unpaired) electrons. The Morgan fingerprint density at radius 1 is 1.48 bits per heavy atom. The van der Waals surface area contributed by atoms with E-state index in [9.17, 15) is 4.79 Å². The van der Waals surface area contributed by atoms with Crippen LogP contribution in [-0.4, -0.2) is 34.6 Å². The van der Waals surface area contributed by atoms with E-state index in [-0.39, 0.29) is 6.42 Å². The van der Waals surface area contributed by atoms with Gasteiger partial charge in [-0.15, -0.1) is 0 Å². The number of aliphatic carboxylic acids is 1. The number of carboxylic acids is 1. The smallest absolute Gasteiger partial charge is 0.303 e. The number of rotatable bonds is 5. The number of hydrogen-bond donors (Lipinski definition) is 1. The molecule has 1 unspecified atom stereocenters. The summed E-state index contributed by atoms with van der Waals surface area (Å²) >= 11 is 0. The van der Waals surface area contributed by atoms with Gasteiger partial charge < -0.3 is 5.11 Å². The first-order chi connectivity index (χ1) is 10.2. The van der Waals surface area contributed by atoms with Crippen molar-refractivity contribution in [1.82, 2.24) is 9.88 Å². The molecule has 0 amide bonds. The molecule has 1 atom stereocenters. The summed E-state index contributed by atoms with van der Waals surface area (Å²) in [6, 6.07) is 4.59. The zero-order valence-corrected chi connectivity index (χ0v) is 12.5. The van der Waals surface area contributed by atoms with Crippen LogP contribution in [-0.2, 0) is 4.79 Å². The molecule has 1 aromatic rings. The van der Waals surface area contributed by atoms with Crippen LogP contribution in [0.25, 0.3) is 0 Å². The molecule has 1 N–H and O–H groups in total. The van der Waals surface area contributed by atoms with Crippen molar-refractivity contribution in [2.45, 2.75) is 44.6 Å². The summed E-state index contributed by atoms with van der Waals surface area (Å²) < 4.78 is 0. The van der Waals surface area contributed by atoms with Crippen LogP contribution in [0.15, 0.2) is 18.3 Å². The van der Waals surface area contributed by atoms with Gasteiger partial charge in [0.05, 0.1) is 0 Å². The van der Waals surface area contributed by atoms with E-state index in [0.29, 0.717) is 12.5 Å². The van der Waals surface area contributed by atoms with Crippen LogP contribution in [0, 0.1) is 11.8 Å². The first kappa shape index (κ1) is 15.5. The molecule has 4 heteroatoms. The lowest BCUT2D eigenvalue weighted by atomic mass is 10.1. The molecule has 0 aliphatic carbocycles. The van der Waals surface area contributed by atoms with Crippen LogP contribution in [0.1, 0.15) is 55.8 Å². The predicted molar refractivity (Wildman–Crippen MR) is 81.8 cm³/mol. The highest BCUT2D eigenvalue weighted by molar-refractivity contribution is 5.66. The van der Waals surface area contributed by atoms with Crippen molar-refractivity contribution in [3.63, 3.8) is 0 Å². The maximum atomic E-state index is 10.4. The molecule has 0 aromatic carbocycles. The van der Waals surface area contributed by atoms with Crippen molar-refractivity contribution in [3.8, 4) is 11.8 Å².